The van der Waals surface area contributed by atoms with Gasteiger partial charge in [-0.25, -0.2) is 0 Å². The molecule has 1 fully saturated rings. The molecule has 0 bridgehead atoms. The van der Waals surface area contributed by atoms with Gasteiger partial charge in [-0.15, -0.1) is 0 Å². The van der Waals surface area contributed by atoms with Crippen LogP contribution in [0.15, 0.2) is 0 Å². The summed E-state index contributed by atoms with van der Waals surface area (Å²) in [6, 6.07) is 0. The monoisotopic (exact) mass is 143 g/mol. The van der Waals surface area contributed by atoms with Crippen LogP contribution < -0.4 is 5.32 Å². The van der Waals surface area contributed by atoms with Crippen molar-refractivity contribution in [3.8, 4) is 0 Å². The SMILES string of the molecule is CC(O)CCC1CCNC1. The predicted octanol–water partition coefficient (Wildman–Crippen LogP) is 0.757. The van der Waals surface area contributed by atoms with E-state index < -0.39 is 0 Å². The van der Waals surface area contributed by atoms with Crippen LogP contribution in [0, 0.1) is 5.92 Å². The summed E-state index contributed by atoms with van der Waals surface area (Å²) < 4.78 is 0. The van der Waals surface area contributed by atoms with Crippen molar-refractivity contribution in [2.45, 2.75) is 32.3 Å². The Hall–Kier alpha value is -0.0800. The Morgan fingerprint density at radius 2 is 2.50 bits per heavy atom. The maximum Gasteiger partial charge on any atom is 0.0512 e. The van der Waals surface area contributed by atoms with Crippen molar-refractivity contribution in [1.29, 1.82) is 0 Å². The molecule has 1 aliphatic heterocycles. The second-order valence-electron chi connectivity index (χ2n) is 3.29. The highest BCUT2D eigenvalue weighted by molar-refractivity contribution is 4.71. The maximum atomic E-state index is 8.99. The first-order chi connectivity index (χ1) is 4.79. The minimum atomic E-state index is -0.111. The van der Waals surface area contributed by atoms with Gasteiger partial charge in [0.1, 0.15) is 0 Å². The molecule has 2 unspecified atom stereocenters. The molecule has 10 heavy (non-hydrogen) atoms. The fourth-order valence-corrected chi connectivity index (χ4v) is 1.44. The molecule has 2 heteroatoms. The van der Waals surface area contributed by atoms with Gasteiger partial charge >= 0.3 is 0 Å². The van der Waals surface area contributed by atoms with Gasteiger partial charge in [-0.2, -0.15) is 0 Å². The van der Waals surface area contributed by atoms with Gasteiger partial charge in [-0.05, 0) is 45.2 Å². The summed E-state index contributed by atoms with van der Waals surface area (Å²) in [6.07, 6.45) is 3.34. The molecule has 0 aliphatic carbocycles. The first-order valence-corrected chi connectivity index (χ1v) is 4.18. The van der Waals surface area contributed by atoms with E-state index in [4.69, 9.17) is 5.11 Å². The molecule has 1 rings (SSSR count). The third-order valence-corrected chi connectivity index (χ3v) is 2.16. The standard InChI is InChI=1S/C8H17NO/c1-7(10)2-3-8-4-5-9-6-8/h7-10H,2-6H2,1H3. The highest BCUT2D eigenvalue weighted by atomic mass is 16.3. The molecule has 0 radical (unpaired) electrons. The molecular formula is C8H17NO. The largest absolute Gasteiger partial charge is 0.393 e. The number of aliphatic hydroxyl groups is 1. The molecule has 0 saturated carbocycles. The third kappa shape index (κ3) is 2.67. The first-order valence-electron chi connectivity index (χ1n) is 4.18. The van der Waals surface area contributed by atoms with E-state index >= 15 is 0 Å². The smallest absolute Gasteiger partial charge is 0.0512 e. The van der Waals surface area contributed by atoms with Crippen molar-refractivity contribution < 1.29 is 5.11 Å². The molecule has 2 nitrogen and oxygen atoms in total. The molecular weight excluding hydrogens is 126 g/mol. The molecule has 0 amide bonds. The second-order valence-corrected chi connectivity index (χ2v) is 3.29. The Morgan fingerprint density at radius 1 is 1.70 bits per heavy atom. The predicted molar refractivity (Wildman–Crippen MR) is 41.9 cm³/mol. The Balaban J connectivity index is 2.01. The van der Waals surface area contributed by atoms with Crippen LogP contribution in [0.25, 0.3) is 0 Å². The molecule has 0 spiro atoms. The topological polar surface area (TPSA) is 32.3 Å². The van der Waals surface area contributed by atoms with Gasteiger partial charge in [0.05, 0.1) is 6.10 Å². The lowest BCUT2D eigenvalue weighted by Crippen LogP contribution is -2.10. The minimum absolute atomic E-state index is 0.111. The number of aliphatic hydroxyl groups excluding tert-OH is 1. The molecule has 0 aromatic heterocycles. The van der Waals surface area contributed by atoms with Crippen LogP contribution in [0.3, 0.4) is 0 Å². The van der Waals surface area contributed by atoms with Crippen LogP contribution in [-0.2, 0) is 0 Å². The zero-order chi connectivity index (χ0) is 7.40. The van der Waals surface area contributed by atoms with Gasteiger partial charge in [0.25, 0.3) is 0 Å². The highest BCUT2D eigenvalue weighted by Crippen LogP contribution is 2.15. The van der Waals surface area contributed by atoms with Gasteiger partial charge in [0, 0.05) is 0 Å². The van der Waals surface area contributed by atoms with E-state index in [1.807, 2.05) is 6.92 Å². The molecule has 0 aromatic rings. The van der Waals surface area contributed by atoms with Crippen LogP contribution in [0.1, 0.15) is 26.2 Å². The van der Waals surface area contributed by atoms with Gasteiger partial charge < -0.3 is 10.4 Å². The highest BCUT2D eigenvalue weighted by Gasteiger charge is 2.14. The fraction of sp³-hybridized carbons (Fsp3) is 1.00. The van der Waals surface area contributed by atoms with Gasteiger partial charge in [-0.3, -0.25) is 0 Å². The van der Waals surface area contributed by atoms with Crippen LogP contribution in [-0.4, -0.2) is 24.3 Å². The average molecular weight is 143 g/mol. The minimum Gasteiger partial charge on any atom is -0.393 e. The van der Waals surface area contributed by atoms with Crippen LogP contribution >= 0.6 is 0 Å². The molecule has 60 valence electrons. The van der Waals surface area contributed by atoms with Gasteiger partial charge in [0.2, 0.25) is 0 Å². The van der Waals surface area contributed by atoms with E-state index in [1.54, 1.807) is 0 Å². The molecule has 2 N–H and O–H groups in total. The van der Waals surface area contributed by atoms with Crippen LogP contribution in [0.4, 0.5) is 0 Å². The quantitative estimate of drug-likeness (QED) is 0.611. The zero-order valence-corrected chi connectivity index (χ0v) is 6.64. The Labute approximate surface area is 62.6 Å². The fourth-order valence-electron chi connectivity index (χ4n) is 1.44. The van der Waals surface area contributed by atoms with Crippen molar-refractivity contribution in [1.82, 2.24) is 5.32 Å². The lowest BCUT2D eigenvalue weighted by molar-refractivity contribution is 0.174. The Kier molecular flexibility index (Phi) is 3.16. The van der Waals surface area contributed by atoms with E-state index in [2.05, 4.69) is 5.32 Å². The van der Waals surface area contributed by atoms with E-state index in [9.17, 15) is 0 Å². The van der Waals surface area contributed by atoms with Crippen molar-refractivity contribution >= 4 is 0 Å². The lowest BCUT2D eigenvalue weighted by atomic mass is 10.0. The number of hydrogen-bond acceptors (Lipinski definition) is 2. The number of hydrogen-bond donors (Lipinski definition) is 2. The van der Waals surface area contributed by atoms with Crippen molar-refractivity contribution in [2.75, 3.05) is 13.1 Å². The van der Waals surface area contributed by atoms with E-state index in [-0.39, 0.29) is 6.10 Å². The number of rotatable bonds is 3. The van der Waals surface area contributed by atoms with Gasteiger partial charge in [0.15, 0.2) is 0 Å². The lowest BCUT2D eigenvalue weighted by Gasteiger charge is -2.08. The summed E-state index contributed by atoms with van der Waals surface area (Å²) in [5.41, 5.74) is 0. The number of nitrogens with one attached hydrogen (secondary N) is 1. The zero-order valence-electron chi connectivity index (χ0n) is 6.64. The summed E-state index contributed by atoms with van der Waals surface area (Å²) in [6.45, 7) is 4.19. The maximum absolute atomic E-state index is 8.99. The van der Waals surface area contributed by atoms with Gasteiger partial charge in [-0.1, -0.05) is 0 Å². The molecule has 1 heterocycles. The molecule has 1 saturated heterocycles. The Morgan fingerprint density at radius 3 is 3.00 bits per heavy atom. The normalized spacial score (nSPS) is 28.8. The van der Waals surface area contributed by atoms with Crippen LogP contribution in [0.2, 0.25) is 0 Å². The average Bonchev–Trinajstić information content (AvgIpc) is 2.34. The molecule has 2 atom stereocenters. The summed E-state index contributed by atoms with van der Waals surface area (Å²) in [5, 5.41) is 12.3. The summed E-state index contributed by atoms with van der Waals surface area (Å²) in [5.74, 6) is 0.828. The van der Waals surface area contributed by atoms with E-state index in [1.165, 1.54) is 19.4 Å². The van der Waals surface area contributed by atoms with Crippen molar-refractivity contribution in [3.05, 3.63) is 0 Å². The first kappa shape index (κ1) is 8.02. The summed E-state index contributed by atoms with van der Waals surface area (Å²) in [7, 11) is 0. The van der Waals surface area contributed by atoms with Crippen molar-refractivity contribution in [2.24, 2.45) is 5.92 Å². The molecule has 1 aliphatic rings. The van der Waals surface area contributed by atoms with E-state index in [0.717, 1.165) is 18.9 Å². The van der Waals surface area contributed by atoms with Crippen molar-refractivity contribution in [3.63, 3.8) is 0 Å². The second kappa shape index (κ2) is 3.94. The Bertz CT molecular complexity index is 87.3. The summed E-state index contributed by atoms with van der Waals surface area (Å²) in [4.78, 5) is 0. The summed E-state index contributed by atoms with van der Waals surface area (Å²) >= 11 is 0. The van der Waals surface area contributed by atoms with E-state index in [0.29, 0.717) is 0 Å². The van der Waals surface area contributed by atoms with Crippen LogP contribution in [0.5, 0.6) is 0 Å². The third-order valence-electron chi connectivity index (χ3n) is 2.16. The molecule has 0 aromatic carbocycles.